The van der Waals surface area contributed by atoms with Gasteiger partial charge in [0.2, 0.25) is 0 Å². The minimum atomic E-state index is -0.959. The van der Waals surface area contributed by atoms with Crippen LogP contribution in [0.3, 0.4) is 0 Å². The predicted octanol–water partition coefficient (Wildman–Crippen LogP) is 2.15. The van der Waals surface area contributed by atoms with E-state index in [0.717, 1.165) is 16.2 Å². The van der Waals surface area contributed by atoms with Gasteiger partial charge in [-0.1, -0.05) is 12.1 Å². The largest absolute Gasteiger partial charge is 0.533 e. The number of amides is 2. The van der Waals surface area contributed by atoms with E-state index in [-0.39, 0.29) is 0 Å². The molecule has 0 aliphatic heterocycles. The van der Waals surface area contributed by atoms with E-state index in [2.05, 4.69) is 10.1 Å². The second-order valence-electron chi connectivity index (χ2n) is 3.68. The van der Waals surface area contributed by atoms with Crippen LogP contribution in [0.5, 0.6) is 0 Å². The summed E-state index contributed by atoms with van der Waals surface area (Å²) in [4.78, 5) is 27.7. The number of rotatable bonds is 1. The van der Waals surface area contributed by atoms with Crippen LogP contribution in [0, 0.1) is 13.8 Å². The van der Waals surface area contributed by atoms with Gasteiger partial charge in [-0.15, -0.1) is 5.06 Å². The molecule has 0 aliphatic carbocycles. The lowest BCUT2D eigenvalue weighted by Gasteiger charge is -2.21. The van der Waals surface area contributed by atoms with E-state index >= 15 is 0 Å². The molecule has 0 radical (unpaired) electrons. The van der Waals surface area contributed by atoms with E-state index in [4.69, 9.17) is 4.84 Å². The third kappa shape index (κ3) is 3.13. The number of hydroxylamine groups is 1. The Morgan fingerprint density at radius 3 is 2.50 bits per heavy atom. The summed E-state index contributed by atoms with van der Waals surface area (Å²) < 4.78 is 4.38. The van der Waals surface area contributed by atoms with Gasteiger partial charge in [0, 0.05) is 7.05 Å². The van der Waals surface area contributed by atoms with Crippen LogP contribution >= 0.6 is 0 Å². The van der Waals surface area contributed by atoms with E-state index in [1.54, 1.807) is 6.07 Å². The molecule has 2 amide bonds. The second kappa shape index (κ2) is 5.90. The van der Waals surface area contributed by atoms with Crippen molar-refractivity contribution in [1.29, 1.82) is 0 Å². The van der Waals surface area contributed by atoms with Gasteiger partial charge in [-0.05, 0) is 31.0 Å². The minimum Gasteiger partial charge on any atom is -0.436 e. The number of hydrogen-bond acceptors (Lipinski definition) is 4. The first kappa shape index (κ1) is 13.8. The van der Waals surface area contributed by atoms with Crippen molar-refractivity contribution in [3.05, 3.63) is 29.3 Å². The molecule has 0 bridgehead atoms. The molecule has 0 heterocycles. The van der Waals surface area contributed by atoms with E-state index in [9.17, 15) is 9.59 Å². The van der Waals surface area contributed by atoms with Crippen LogP contribution in [0.2, 0.25) is 0 Å². The number of nitrogens with one attached hydrogen (secondary N) is 1. The Balaban J connectivity index is 3.12. The Kier molecular flexibility index (Phi) is 4.53. The Morgan fingerprint density at radius 1 is 1.28 bits per heavy atom. The summed E-state index contributed by atoms with van der Waals surface area (Å²) in [5, 5.41) is 3.26. The number of urea groups is 1. The van der Waals surface area contributed by atoms with Crippen molar-refractivity contribution in [2.75, 3.05) is 19.2 Å². The molecule has 1 aromatic rings. The highest BCUT2D eigenvalue weighted by atomic mass is 16.8. The molecule has 98 valence electrons. The van der Waals surface area contributed by atoms with Crippen LogP contribution < -0.4 is 10.4 Å². The molecule has 1 N–H and O–H groups in total. The van der Waals surface area contributed by atoms with Crippen molar-refractivity contribution >= 4 is 17.9 Å². The molecule has 0 atom stereocenters. The van der Waals surface area contributed by atoms with Crippen molar-refractivity contribution < 1.29 is 19.2 Å². The molecule has 0 spiro atoms. The number of carbonyl (C=O) groups excluding carboxylic acids is 2. The Labute approximate surface area is 105 Å². The Morgan fingerprint density at radius 2 is 1.94 bits per heavy atom. The van der Waals surface area contributed by atoms with Crippen LogP contribution in [0.4, 0.5) is 15.3 Å². The van der Waals surface area contributed by atoms with Crippen LogP contribution in [-0.2, 0) is 9.57 Å². The van der Waals surface area contributed by atoms with Gasteiger partial charge < -0.3 is 10.1 Å². The van der Waals surface area contributed by atoms with Crippen LogP contribution in [0.1, 0.15) is 11.1 Å². The molecule has 6 nitrogen and oxygen atoms in total. The second-order valence-corrected chi connectivity index (χ2v) is 3.68. The molecule has 0 saturated carbocycles. The van der Waals surface area contributed by atoms with Gasteiger partial charge >= 0.3 is 12.2 Å². The summed E-state index contributed by atoms with van der Waals surface area (Å²) in [5.74, 6) is 0. The summed E-state index contributed by atoms with van der Waals surface area (Å²) >= 11 is 0. The molecule has 0 unspecified atom stereocenters. The van der Waals surface area contributed by atoms with Crippen molar-refractivity contribution in [3.8, 4) is 0 Å². The molecule has 1 aromatic carbocycles. The lowest BCUT2D eigenvalue weighted by atomic mass is 10.1. The summed E-state index contributed by atoms with van der Waals surface area (Å²) in [6.07, 6.45) is -0.959. The van der Waals surface area contributed by atoms with Crippen LogP contribution in [-0.4, -0.2) is 26.3 Å². The van der Waals surface area contributed by atoms with Crippen LogP contribution in [0.25, 0.3) is 0 Å². The molecule has 0 aliphatic rings. The lowest BCUT2D eigenvalue weighted by Crippen LogP contribution is -2.40. The fourth-order valence-electron chi connectivity index (χ4n) is 1.35. The average Bonchev–Trinajstić information content (AvgIpc) is 2.37. The molecular weight excluding hydrogens is 236 g/mol. The SMILES string of the molecule is CNC(=O)N(OC(=O)OC)c1cc(C)ccc1C. The maximum Gasteiger partial charge on any atom is 0.533 e. The topological polar surface area (TPSA) is 67.9 Å². The molecule has 6 heteroatoms. The summed E-state index contributed by atoms with van der Waals surface area (Å²) in [6, 6.07) is 4.92. The van der Waals surface area contributed by atoms with Crippen molar-refractivity contribution in [2.45, 2.75) is 13.8 Å². The normalized spacial score (nSPS) is 9.56. The quantitative estimate of drug-likeness (QED) is 0.614. The zero-order chi connectivity index (χ0) is 13.7. The highest BCUT2D eigenvalue weighted by molar-refractivity contribution is 5.92. The number of ether oxygens (including phenoxy) is 1. The predicted molar refractivity (Wildman–Crippen MR) is 66.3 cm³/mol. The highest BCUT2D eigenvalue weighted by Crippen LogP contribution is 2.22. The van der Waals surface area contributed by atoms with Gasteiger partial charge in [0.25, 0.3) is 0 Å². The average molecular weight is 252 g/mol. The van der Waals surface area contributed by atoms with Crippen LogP contribution in [0.15, 0.2) is 18.2 Å². The van der Waals surface area contributed by atoms with Gasteiger partial charge in [-0.3, -0.25) is 4.84 Å². The van der Waals surface area contributed by atoms with Gasteiger partial charge in [0.15, 0.2) is 0 Å². The number of methoxy groups -OCH3 is 1. The number of carbonyl (C=O) groups is 2. The van der Waals surface area contributed by atoms with Crippen molar-refractivity contribution in [3.63, 3.8) is 0 Å². The fraction of sp³-hybridized carbons (Fsp3) is 0.333. The lowest BCUT2D eigenvalue weighted by molar-refractivity contribution is 0.0682. The maximum absolute atomic E-state index is 11.7. The number of hydrogen-bond donors (Lipinski definition) is 1. The van der Waals surface area contributed by atoms with E-state index in [1.807, 2.05) is 26.0 Å². The molecule has 18 heavy (non-hydrogen) atoms. The molecule has 0 fully saturated rings. The molecule has 0 aromatic heterocycles. The number of anilines is 1. The van der Waals surface area contributed by atoms with E-state index in [0.29, 0.717) is 5.69 Å². The molecular formula is C12H16N2O4. The molecule has 1 rings (SSSR count). The monoisotopic (exact) mass is 252 g/mol. The van der Waals surface area contributed by atoms with E-state index in [1.165, 1.54) is 14.2 Å². The van der Waals surface area contributed by atoms with Crippen molar-refractivity contribution in [2.24, 2.45) is 0 Å². The first-order chi connectivity index (χ1) is 8.49. The van der Waals surface area contributed by atoms with Gasteiger partial charge in [0.1, 0.15) is 0 Å². The third-order valence-corrected chi connectivity index (χ3v) is 2.31. The number of benzene rings is 1. The Hall–Kier alpha value is -2.24. The van der Waals surface area contributed by atoms with Gasteiger partial charge in [-0.25, -0.2) is 9.59 Å². The summed E-state index contributed by atoms with van der Waals surface area (Å²) in [5.41, 5.74) is 2.23. The zero-order valence-corrected chi connectivity index (χ0v) is 10.8. The Bertz CT molecular complexity index is 459. The van der Waals surface area contributed by atoms with E-state index < -0.39 is 12.2 Å². The standard InChI is InChI=1S/C12H16N2O4/c1-8-5-6-9(2)10(7-8)14(11(15)13-3)18-12(16)17-4/h5-7H,1-4H3,(H,13,15). The summed E-state index contributed by atoms with van der Waals surface area (Å²) in [7, 11) is 2.62. The number of nitrogens with zero attached hydrogens (tertiary/aromatic N) is 1. The van der Waals surface area contributed by atoms with Gasteiger partial charge in [0.05, 0.1) is 12.8 Å². The smallest absolute Gasteiger partial charge is 0.436 e. The fourth-order valence-corrected chi connectivity index (χ4v) is 1.35. The third-order valence-electron chi connectivity index (χ3n) is 2.31. The first-order valence-corrected chi connectivity index (χ1v) is 5.34. The highest BCUT2D eigenvalue weighted by Gasteiger charge is 2.22. The minimum absolute atomic E-state index is 0.486. The summed E-state index contributed by atoms with van der Waals surface area (Å²) in [6.45, 7) is 3.69. The number of aryl methyl sites for hydroxylation is 2. The van der Waals surface area contributed by atoms with Crippen molar-refractivity contribution in [1.82, 2.24) is 5.32 Å². The van der Waals surface area contributed by atoms with Gasteiger partial charge in [-0.2, -0.15) is 0 Å². The first-order valence-electron chi connectivity index (χ1n) is 5.34. The molecule has 0 saturated heterocycles. The maximum atomic E-state index is 11.7. The zero-order valence-electron chi connectivity index (χ0n) is 10.8.